The predicted molar refractivity (Wildman–Crippen MR) is 166 cm³/mol. The average molecular weight is 590 g/mol. The summed E-state index contributed by atoms with van der Waals surface area (Å²) in [5.74, 6) is -0.282. The van der Waals surface area contributed by atoms with E-state index in [1.54, 1.807) is 0 Å². The molecule has 5 rings (SSSR count). The van der Waals surface area contributed by atoms with Gasteiger partial charge in [0.1, 0.15) is 0 Å². The molecule has 2 amide bonds. The third kappa shape index (κ3) is 6.48. The van der Waals surface area contributed by atoms with Gasteiger partial charge in [-0.25, -0.2) is 4.79 Å². The molecule has 2 heterocycles. The second kappa shape index (κ2) is 13.3. The molecule has 8 heteroatoms. The minimum absolute atomic E-state index is 0.0232. The number of benzene rings is 3. The number of nitrogens with one attached hydrogen (secondary N) is 2. The zero-order chi connectivity index (χ0) is 29.7. The van der Waals surface area contributed by atoms with Crippen LogP contribution in [0.4, 0.5) is 4.79 Å². The first-order chi connectivity index (χ1) is 20.3. The lowest BCUT2D eigenvalue weighted by molar-refractivity contribution is -0.0563. The molecule has 2 aliphatic heterocycles. The molecule has 0 aromatic heterocycles. The van der Waals surface area contributed by atoms with Gasteiger partial charge in [-0.15, -0.1) is 0 Å². The van der Waals surface area contributed by atoms with Crippen LogP contribution in [0, 0.1) is 5.92 Å². The maximum absolute atomic E-state index is 13.8. The van der Waals surface area contributed by atoms with Crippen molar-refractivity contribution in [3.63, 3.8) is 0 Å². The van der Waals surface area contributed by atoms with Crippen molar-refractivity contribution < 1.29 is 19.8 Å². The van der Waals surface area contributed by atoms with Crippen molar-refractivity contribution in [1.29, 1.82) is 0 Å². The molecule has 1 saturated heterocycles. The van der Waals surface area contributed by atoms with E-state index in [2.05, 4.69) is 35.8 Å². The Morgan fingerprint density at radius 1 is 1.12 bits per heavy atom. The Hall–Kier alpha value is -3.39. The molecule has 3 aromatic rings. The molecule has 2 unspecified atom stereocenters. The Labute approximate surface area is 252 Å². The number of carboxylic acid groups (broad SMARTS) is 1. The molecule has 7 nitrogen and oxygen atoms in total. The number of fused-ring (bicyclic) bond motifs is 1. The van der Waals surface area contributed by atoms with E-state index in [1.165, 1.54) is 16.7 Å². The highest BCUT2D eigenvalue weighted by atomic mass is 35.5. The number of hydrogen-bond acceptors (Lipinski definition) is 4. The maximum atomic E-state index is 13.8. The first-order valence-electron chi connectivity index (χ1n) is 15.0. The van der Waals surface area contributed by atoms with E-state index in [4.69, 9.17) is 16.7 Å². The highest BCUT2D eigenvalue weighted by Crippen LogP contribution is 2.45. The number of carbonyl (C=O) groups is 2. The van der Waals surface area contributed by atoms with Gasteiger partial charge in [-0.05, 0) is 91.1 Å². The Bertz CT molecular complexity index is 1440. The summed E-state index contributed by atoms with van der Waals surface area (Å²) >= 11 is 6.85. The van der Waals surface area contributed by atoms with Crippen LogP contribution in [0.25, 0.3) is 11.1 Å². The highest BCUT2D eigenvalue weighted by molar-refractivity contribution is 6.33. The standard InChI is InChI=1S/C34H40ClN3O4/c1-2-23-7-3-8-25(19-23)31-29(10-4-11-30(31)35)34(42,15-6-16-37-33(40)41)28-9-5-18-38(22-28)32(39)26-13-12-24-14-17-36-21-27(24)20-26/h3-4,7-8,10-13,19-20,28,36-37,42H,2,5-6,9,14-18,21-22H2,1H3,(H,40,41). The molecule has 0 aliphatic carbocycles. The highest BCUT2D eigenvalue weighted by Gasteiger charge is 2.43. The Morgan fingerprint density at radius 2 is 1.95 bits per heavy atom. The fourth-order valence-corrected chi connectivity index (χ4v) is 6.87. The van der Waals surface area contributed by atoms with Gasteiger partial charge < -0.3 is 25.7 Å². The first kappa shape index (κ1) is 30.1. The van der Waals surface area contributed by atoms with Gasteiger partial charge in [0.15, 0.2) is 0 Å². The molecular weight excluding hydrogens is 550 g/mol. The fraction of sp³-hybridized carbons (Fsp3) is 0.412. The van der Waals surface area contributed by atoms with Crippen molar-refractivity contribution >= 4 is 23.6 Å². The number of aryl methyl sites for hydroxylation is 1. The van der Waals surface area contributed by atoms with Gasteiger partial charge in [0.05, 0.1) is 5.60 Å². The zero-order valence-corrected chi connectivity index (χ0v) is 24.9. The molecule has 42 heavy (non-hydrogen) atoms. The summed E-state index contributed by atoms with van der Waals surface area (Å²) in [7, 11) is 0. The van der Waals surface area contributed by atoms with Gasteiger partial charge >= 0.3 is 6.09 Å². The number of carbonyl (C=O) groups excluding carboxylic acids is 1. The van der Waals surface area contributed by atoms with Gasteiger partial charge in [0, 0.05) is 48.2 Å². The summed E-state index contributed by atoms with van der Waals surface area (Å²) in [5.41, 5.74) is 5.40. The summed E-state index contributed by atoms with van der Waals surface area (Å²) in [5, 5.41) is 28.2. The van der Waals surface area contributed by atoms with E-state index in [-0.39, 0.29) is 18.4 Å². The molecule has 4 N–H and O–H groups in total. The summed E-state index contributed by atoms with van der Waals surface area (Å²) < 4.78 is 0. The quantitative estimate of drug-likeness (QED) is 0.229. The van der Waals surface area contributed by atoms with Gasteiger partial charge in [0.25, 0.3) is 5.91 Å². The topological polar surface area (TPSA) is 102 Å². The van der Waals surface area contributed by atoms with Crippen molar-refractivity contribution in [2.24, 2.45) is 5.92 Å². The molecule has 1 fully saturated rings. The molecule has 2 atom stereocenters. The van der Waals surface area contributed by atoms with Crippen LogP contribution < -0.4 is 10.6 Å². The van der Waals surface area contributed by atoms with E-state index in [1.807, 2.05) is 47.4 Å². The molecular formula is C34H40ClN3O4. The number of aliphatic hydroxyl groups is 1. The van der Waals surface area contributed by atoms with Crippen LogP contribution in [-0.4, -0.2) is 53.3 Å². The number of piperidine rings is 1. The van der Waals surface area contributed by atoms with Gasteiger partial charge in [-0.1, -0.05) is 61.0 Å². The van der Waals surface area contributed by atoms with E-state index >= 15 is 0 Å². The lowest BCUT2D eigenvalue weighted by Crippen LogP contribution is -2.48. The van der Waals surface area contributed by atoms with Gasteiger partial charge in [-0.2, -0.15) is 0 Å². The van der Waals surface area contributed by atoms with Crippen LogP contribution in [0.3, 0.4) is 0 Å². The SMILES string of the molecule is CCc1cccc(-c2c(Cl)cccc2C(O)(CCCNC(=O)O)C2CCCN(C(=O)c3ccc4c(c3)CNCC4)C2)c1. The Morgan fingerprint density at radius 3 is 2.76 bits per heavy atom. The van der Waals surface area contributed by atoms with Gasteiger partial charge in [0.2, 0.25) is 0 Å². The van der Waals surface area contributed by atoms with Crippen LogP contribution in [0.1, 0.15) is 65.2 Å². The molecule has 0 radical (unpaired) electrons. The third-order valence-electron chi connectivity index (χ3n) is 8.84. The van der Waals surface area contributed by atoms with Crippen LogP contribution in [0.2, 0.25) is 5.02 Å². The molecule has 222 valence electrons. The number of halogens is 1. The number of amides is 2. The summed E-state index contributed by atoms with van der Waals surface area (Å²) in [6, 6.07) is 19.8. The van der Waals surface area contributed by atoms with Crippen LogP contribution >= 0.6 is 11.6 Å². The molecule has 3 aromatic carbocycles. The summed E-state index contributed by atoms with van der Waals surface area (Å²) in [4.78, 5) is 26.8. The maximum Gasteiger partial charge on any atom is 0.404 e. The number of nitrogens with zero attached hydrogens (tertiary/aromatic N) is 1. The van der Waals surface area contributed by atoms with Crippen molar-refractivity contribution in [3.05, 3.63) is 93.5 Å². The van der Waals surface area contributed by atoms with Crippen LogP contribution in [0.5, 0.6) is 0 Å². The molecule has 0 spiro atoms. The lowest BCUT2D eigenvalue weighted by atomic mass is 9.72. The number of likely N-dealkylation sites (tertiary alicyclic amines) is 1. The van der Waals surface area contributed by atoms with Gasteiger partial charge in [-0.3, -0.25) is 4.79 Å². The minimum Gasteiger partial charge on any atom is -0.465 e. The normalized spacial score (nSPS) is 18.2. The van der Waals surface area contributed by atoms with Crippen molar-refractivity contribution in [2.75, 3.05) is 26.2 Å². The molecule has 0 saturated carbocycles. The average Bonchev–Trinajstić information content (AvgIpc) is 3.02. The van der Waals surface area contributed by atoms with E-state index in [9.17, 15) is 14.7 Å². The molecule has 0 bridgehead atoms. The monoisotopic (exact) mass is 589 g/mol. The zero-order valence-electron chi connectivity index (χ0n) is 24.2. The smallest absolute Gasteiger partial charge is 0.404 e. The number of rotatable bonds is 9. The Kier molecular flexibility index (Phi) is 9.51. The second-order valence-corrected chi connectivity index (χ2v) is 11.9. The van der Waals surface area contributed by atoms with E-state index < -0.39 is 11.7 Å². The predicted octanol–water partition coefficient (Wildman–Crippen LogP) is 6.00. The number of hydrogen-bond donors (Lipinski definition) is 4. The largest absolute Gasteiger partial charge is 0.465 e. The second-order valence-electron chi connectivity index (χ2n) is 11.5. The van der Waals surface area contributed by atoms with E-state index in [0.29, 0.717) is 36.5 Å². The fourth-order valence-electron chi connectivity index (χ4n) is 6.58. The van der Waals surface area contributed by atoms with Crippen LogP contribution in [0.15, 0.2) is 60.7 Å². The van der Waals surface area contributed by atoms with Crippen molar-refractivity contribution in [1.82, 2.24) is 15.5 Å². The third-order valence-corrected chi connectivity index (χ3v) is 9.15. The summed E-state index contributed by atoms with van der Waals surface area (Å²) in [6.07, 6.45) is 3.01. The van der Waals surface area contributed by atoms with E-state index in [0.717, 1.165) is 55.5 Å². The minimum atomic E-state index is -1.33. The lowest BCUT2D eigenvalue weighted by Gasteiger charge is -2.44. The van der Waals surface area contributed by atoms with Crippen molar-refractivity contribution in [3.8, 4) is 11.1 Å². The van der Waals surface area contributed by atoms with Crippen molar-refractivity contribution in [2.45, 2.75) is 57.6 Å². The first-order valence-corrected chi connectivity index (χ1v) is 15.4. The summed E-state index contributed by atoms with van der Waals surface area (Å²) in [6.45, 7) is 5.06. The Balaban J connectivity index is 1.49. The molecule has 2 aliphatic rings. The van der Waals surface area contributed by atoms with Crippen LogP contribution in [-0.2, 0) is 25.0 Å².